The van der Waals surface area contributed by atoms with E-state index in [-0.39, 0.29) is 11.5 Å². The smallest absolute Gasteiger partial charge is 0.128 e. The van der Waals surface area contributed by atoms with Crippen molar-refractivity contribution in [1.82, 2.24) is 9.78 Å². The quantitative estimate of drug-likeness (QED) is 0.521. The fourth-order valence-electron chi connectivity index (χ4n) is 3.23. The molecule has 0 bridgehead atoms. The van der Waals surface area contributed by atoms with Crippen molar-refractivity contribution >= 4 is 0 Å². The van der Waals surface area contributed by atoms with E-state index in [2.05, 4.69) is 5.10 Å². The van der Waals surface area contributed by atoms with Crippen LogP contribution in [-0.4, -0.2) is 34.2 Å². The first kappa shape index (κ1) is 18.4. The first-order chi connectivity index (χ1) is 14.1. The Bertz CT molecular complexity index is 1070. The van der Waals surface area contributed by atoms with Gasteiger partial charge in [0.05, 0.1) is 31.8 Å². The Morgan fingerprint density at radius 2 is 1.38 bits per heavy atom. The highest BCUT2D eigenvalue weighted by Crippen LogP contribution is 2.40. The third kappa shape index (κ3) is 3.48. The number of nitrogens with zero attached hydrogens (tertiary/aromatic N) is 2. The van der Waals surface area contributed by atoms with Gasteiger partial charge < -0.3 is 19.7 Å². The molecule has 29 heavy (non-hydrogen) atoms. The van der Waals surface area contributed by atoms with Crippen molar-refractivity contribution in [3.63, 3.8) is 0 Å². The van der Waals surface area contributed by atoms with Gasteiger partial charge >= 0.3 is 0 Å². The summed E-state index contributed by atoms with van der Waals surface area (Å²) in [6.45, 7) is 0. The Balaban J connectivity index is 1.92. The number of hydrogen-bond donors (Lipinski definition) is 2. The molecule has 1 aromatic heterocycles. The Kier molecular flexibility index (Phi) is 4.83. The maximum Gasteiger partial charge on any atom is 0.128 e. The molecule has 0 saturated heterocycles. The molecule has 0 unspecified atom stereocenters. The first-order valence-corrected chi connectivity index (χ1v) is 9.00. The van der Waals surface area contributed by atoms with E-state index in [0.717, 1.165) is 28.3 Å². The molecule has 0 aliphatic rings. The van der Waals surface area contributed by atoms with Crippen LogP contribution in [0.4, 0.5) is 0 Å². The van der Waals surface area contributed by atoms with Crippen LogP contribution < -0.4 is 9.47 Å². The van der Waals surface area contributed by atoms with Gasteiger partial charge in [-0.3, -0.25) is 0 Å². The summed E-state index contributed by atoms with van der Waals surface area (Å²) in [5.74, 6) is 1.46. The second-order valence-electron chi connectivity index (χ2n) is 6.45. The number of phenols is 2. The number of hydrogen-bond acceptors (Lipinski definition) is 5. The number of methoxy groups -OCH3 is 2. The summed E-state index contributed by atoms with van der Waals surface area (Å²) >= 11 is 0. The SMILES string of the molecule is COc1ccc(-c2cnn(-c3ccc(OC)cc3)c2-c2ccc(O)cc2O)cc1. The fraction of sp³-hybridized carbons (Fsp3) is 0.0870. The Morgan fingerprint density at radius 3 is 1.97 bits per heavy atom. The molecule has 0 radical (unpaired) electrons. The second kappa shape index (κ2) is 7.59. The summed E-state index contributed by atoms with van der Waals surface area (Å²) in [6, 6.07) is 19.7. The lowest BCUT2D eigenvalue weighted by atomic mass is 10.0. The molecule has 0 fully saturated rings. The average molecular weight is 388 g/mol. The predicted molar refractivity (Wildman–Crippen MR) is 111 cm³/mol. The van der Waals surface area contributed by atoms with Gasteiger partial charge in [0.15, 0.2) is 0 Å². The average Bonchev–Trinajstić information content (AvgIpc) is 3.18. The van der Waals surface area contributed by atoms with Gasteiger partial charge in [-0.1, -0.05) is 12.1 Å². The zero-order valence-corrected chi connectivity index (χ0v) is 16.0. The Hall–Kier alpha value is -3.93. The van der Waals surface area contributed by atoms with Gasteiger partial charge in [0.25, 0.3) is 0 Å². The van der Waals surface area contributed by atoms with Crippen LogP contribution in [0.3, 0.4) is 0 Å². The Labute approximate surface area is 168 Å². The molecule has 3 aromatic carbocycles. The number of benzene rings is 3. The minimum atomic E-state index is -0.0324. The monoisotopic (exact) mass is 388 g/mol. The van der Waals surface area contributed by atoms with Crippen molar-refractivity contribution in [2.75, 3.05) is 14.2 Å². The minimum absolute atomic E-state index is 0.00670. The maximum absolute atomic E-state index is 10.5. The van der Waals surface area contributed by atoms with E-state index in [0.29, 0.717) is 11.3 Å². The van der Waals surface area contributed by atoms with Crippen molar-refractivity contribution in [2.45, 2.75) is 0 Å². The van der Waals surface area contributed by atoms with E-state index in [4.69, 9.17) is 9.47 Å². The predicted octanol–water partition coefficient (Wildman–Crippen LogP) is 4.63. The number of aromatic hydroxyl groups is 2. The number of rotatable bonds is 5. The molecule has 1 heterocycles. The van der Waals surface area contributed by atoms with Crippen LogP contribution in [0.5, 0.6) is 23.0 Å². The van der Waals surface area contributed by atoms with Crippen LogP contribution in [-0.2, 0) is 0 Å². The molecule has 146 valence electrons. The summed E-state index contributed by atoms with van der Waals surface area (Å²) < 4.78 is 12.2. The van der Waals surface area contributed by atoms with Crippen molar-refractivity contribution in [2.24, 2.45) is 0 Å². The molecule has 4 aromatic rings. The van der Waals surface area contributed by atoms with Crippen LogP contribution >= 0.6 is 0 Å². The van der Waals surface area contributed by atoms with Gasteiger partial charge in [0.1, 0.15) is 23.0 Å². The molecular weight excluding hydrogens is 368 g/mol. The summed E-state index contributed by atoms with van der Waals surface area (Å²) in [7, 11) is 3.24. The van der Waals surface area contributed by atoms with Crippen molar-refractivity contribution in [3.8, 4) is 51.1 Å². The van der Waals surface area contributed by atoms with Crippen molar-refractivity contribution in [1.29, 1.82) is 0 Å². The summed E-state index contributed by atoms with van der Waals surface area (Å²) in [5, 5.41) is 24.8. The molecule has 4 rings (SSSR count). The van der Waals surface area contributed by atoms with Gasteiger partial charge in [0, 0.05) is 17.2 Å². The highest BCUT2D eigenvalue weighted by Gasteiger charge is 2.19. The van der Waals surface area contributed by atoms with Crippen LogP contribution in [0.15, 0.2) is 72.9 Å². The molecule has 0 saturated carbocycles. The van der Waals surface area contributed by atoms with Crippen LogP contribution in [0, 0.1) is 0 Å². The van der Waals surface area contributed by atoms with Crippen molar-refractivity contribution < 1.29 is 19.7 Å². The molecular formula is C23H20N2O4. The molecule has 0 spiro atoms. The summed E-state index contributed by atoms with van der Waals surface area (Å²) in [4.78, 5) is 0. The van der Waals surface area contributed by atoms with Crippen LogP contribution in [0.1, 0.15) is 0 Å². The highest BCUT2D eigenvalue weighted by atomic mass is 16.5. The normalized spacial score (nSPS) is 10.7. The standard InChI is InChI=1S/C23H20N2O4/c1-28-18-8-3-15(4-9-18)21-14-24-25(16-5-10-19(29-2)11-6-16)23(21)20-12-7-17(26)13-22(20)27/h3-14,26-27H,1-2H3. The lowest BCUT2D eigenvalue weighted by molar-refractivity contribution is 0.414. The molecule has 6 heteroatoms. The van der Waals surface area contributed by atoms with Crippen LogP contribution in [0.2, 0.25) is 0 Å². The fourth-order valence-corrected chi connectivity index (χ4v) is 3.23. The van der Waals surface area contributed by atoms with Crippen molar-refractivity contribution in [3.05, 3.63) is 72.9 Å². The molecule has 0 atom stereocenters. The van der Waals surface area contributed by atoms with E-state index in [1.165, 1.54) is 12.1 Å². The zero-order valence-electron chi connectivity index (χ0n) is 16.0. The van der Waals surface area contributed by atoms with Gasteiger partial charge in [-0.15, -0.1) is 0 Å². The maximum atomic E-state index is 10.5. The highest BCUT2D eigenvalue weighted by molar-refractivity contribution is 5.85. The van der Waals surface area contributed by atoms with E-state index < -0.39 is 0 Å². The van der Waals surface area contributed by atoms with Gasteiger partial charge in [-0.05, 0) is 54.1 Å². The molecule has 6 nitrogen and oxygen atoms in total. The molecule has 2 N–H and O–H groups in total. The lowest BCUT2D eigenvalue weighted by Gasteiger charge is -2.13. The number of ether oxygens (including phenoxy) is 2. The number of aromatic nitrogens is 2. The Morgan fingerprint density at radius 1 is 0.759 bits per heavy atom. The third-order valence-corrected chi connectivity index (χ3v) is 4.72. The van der Waals surface area contributed by atoms with Gasteiger partial charge in [0.2, 0.25) is 0 Å². The molecule has 0 aliphatic carbocycles. The van der Waals surface area contributed by atoms with E-state index >= 15 is 0 Å². The summed E-state index contributed by atoms with van der Waals surface area (Å²) in [5.41, 5.74) is 3.84. The molecule has 0 amide bonds. The zero-order chi connectivity index (χ0) is 20.4. The lowest BCUT2D eigenvalue weighted by Crippen LogP contribution is -2.00. The number of phenolic OH excluding ortho intramolecular Hbond substituents is 2. The van der Waals surface area contributed by atoms with E-state index in [1.54, 1.807) is 31.2 Å². The van der Waals surface area contributed by atoms with Gasteiger partial charge in [-0.2, -0.15) is 5.10 Å². The first-order valence-electron chi connectivity index (χ1n) is 9.00. The third-order valence-electron chi connectivity index (χ3n) is 4.72. The topological polar surface area (TPSA) is 76.7 Å². The largest absolute Gasteiger partial charge is 0.508 e. The minimum Gasteiger partial charge on any atom is -0.508 e. The van der Waals surface area contributed by atoms with E-state index in [1.807, 2.05) is 48.5 Å². The second-order valence-corrected chi connectivity index (χ2v) is 6.45. The molecule has 0 aliphatic heterocycles. The van der Waals surface area contributed by atoms with Crippen LogP contribution in [0.25, 0.3) is 28.1 Å². The summed E-state index contributed by atoms with van der Waals surface area (Å²) in [6.07, 6.45) is 1.76. The van der Waals surface area contributed by atoms with E-state index in [9.17, 15) is 10.2 Å². The van der Waals surface area contributed by atoms with Gasteiger partial charge in [-0.25, -0.2) is 4.68 Å².